The second kappa shape index (κ2) is 16.5. The molecule has 0 aliphatic heterocycles. The second-order valence-electron chi connectivity index (χ2n) is 13.7. The number of nitrogens with one attached hydrogen (secondary N) is 2. The molecule has 1 aromatic rings. The van der Waals surface area contributed by atoms with Crippen molar-refractivity contribution in [3.63, 3.8) is 0 Å². The molecule has 0 saturated heterocycles. The topological polar surface area (TPSA) is 76.7 Å². The molecule has 0 aromatic heterocycles. The molecule has 0 bridgehead atoms. The molecular formula is C33H58N2O4Si. The number of hydrogen-bond acceptors (Lipinski definition) is 4. The van der Waals surface area contributed by atoms with Crippen molar-refractivity contribution in [1.82, 2.24) is 10.6 Å². The van der Waals surface area contributed by atoms with Crippen LogP contribution in [0.5, 0.6) is 0 Å². The lowest BCUT2D eigenvalue weighted by molar-refractivity contribution is -0.127. The van der Waals surface area contributed by atoms with Crippen molar-refractivity contribution < 1.29 is 18.8 Å². The Balaban J connectivity index is 2.33. The minimum Gasteiger partial charge on any atom is -0.445 e. The van der Waals surface area contributed by atoms with Gasteiger partial charge in [0.1, 0.15) is 6.61 Å². The highest BCUT2D eigenvalue weighted by Crippen LogP contribution is 2.40. The fraction of sp³-hybridized carbons (Fsp3) is 0.758. The van der Waals surface area contributed by atoms with E-state index in [0.29, 0.717) is 18.9 Å². The number of rotatable bonds is 15. The Kier molecular flexibility index (Phi) is 14.2. The molecule has 6 nitrogen and oxygen atoms in total. The molecule has 2 amide bonds. The van der Waals surface area contributed by atoms with E-state index in [2.05, 4.69) is 65.3 Å². The number of hydrogen-bond donors (Lipinski definition) is 2. The van der Waals surface area contributed by atoms with Crippen molar-refractivity contribution in [2.75, 3.05) is 6.54 Å². The molecule has 1 aromatic carbocycles. The van der Waals surface area contributed by atoms with Crippen LogP contribution < -0.4 is 10.6 Å². The third-order valence-electron chi connectivity index (χ3n) is 8.99. The third kappa shape index (κ3) is 11.6. The van der Waals surface area contributed by atoms with Gasteiger partial charge in [-0.1, -0.05) is 110 Å². The molecule has 1 aliphatic carbocycles. The van der Waals surface area contributed by atoms with Crippen LogP contribution in [0.2, 0.25) is 18.1 Å². The van der Waals surface area contributed by atoms with Crippen molar-refractivity contribution in [3.8, 4) is 0 Å². The minimum absolute atomic E-state index is 0.00513. The summed E-state index contributed by atoms with van der Waals surface area (Å²) in [6.07, 6.45) is 8.87. The average Bonchev–Trinajstić information content (AvgIpc) is 2.89. The van der Waals surface area contributed by atoms with Gasteiger partial charge in [0.25, 0.3) is 0 Å². The predicted octanol–water partition coefficient (Wildman–Crippen LogP) is 8.22. The zero-order valence-electron chi connectivity index (χ0n) is 26.7. The molecule has 0 radical (unpaired) electrons. The van der Waals surface area contributed by atoms with Gasteiger partial charge in [-0.25, -0.2) is 4.79 Å². The first-order chi connectivity index (χ1) is 18.8. The Morgan fingerprint density at radius 3 is 2.27 bits per heavy atom. The van der Waals surface area contributed by atoms with Crippen LogP contribution in [-0.2, 0) is 20.6 Å². The lowest BCUT2D eigenvalue weighted by atomic mass is 9.81. The average molecular weight is 575 g/mol. The zero-order valence-corrected chi connectivity index (χ0v) is 27.7. The molecule has 1 saturated carbocycles. The number of amides is 2. The molecule has 1 aliphatic rings. The number of alkyl carbamates (subject to hydrolysis) is 1. The smallest absolute Gasteiger partial charge is 0.407 e. The van der Waals surface area contributed by atoms with Crippen molar-refractivity contribution >= 4 is 20.3 Å². The summed E-state index contributed by atoms with van der Waals surface area (Å²) in [5.74, 6) is 0.597. The molecule has 7 heteroatoms. The fourth-order valence-electron chi connectivity index (χ4n) is 5.30. The summed E-state index contributed by atoms with van der Waals surface area (Å²) >= 11 is 0. The maximum atomic E-state index is 13.4. The van der Waals surface area contributed by atoms with Gasteiger partial charge >= 0.3 is 6.09 Å². The number of carbonyl (C=O) groups excluding carboxylic acids is 2. The van der Waals surface area contributed by atoms with Gasteiger partial charge in [-0.2, -0.15) is 0 Å². The Morgan fingerprint density at radius 2 is 1.70 bits per heavy atom. The van der Waals surface area contributed by atoms with Gasteiger partial charge in [0.2, 0.25) is 5.91 Å². The van der Waals surface area contributed by atoms with Crippen LogP contribution in [0.25, 0.3) is 0 Å². The molecule has 0 unspecified atom stereocenters. The lowest BCUT2D eigenvalue weighted by Crippen LogP contribution is -2.54. The van der Waals surface area contributed by atoms with Gasteiger partial charge in [0, 0.05) is 12.5 Å². The number of ether oxygens (including phenoxy) is 1. The molecule has 0 spiro atoms. The van der Waals surface area contributed by atoms with Gasteiger partial charge < -0.3 is 19.8 Å². The largest absolute Gasteiger partial charge is 0.445 e. The van der Waals surface area contributed by atoms with E-state index >= 15 is 0 Å². The monoisotopic (exact) mass is 574 g/mol. The second-order valence-corrected chi connectivity index (χ2v) is 18.5. The van der Waals surface area contributed by atoms with Crippen molar-refractivity contribution in [1.29, 1.82) is 0 Å². The lowest BCUT2D eigenvalue weighted by Gasteiger charge is -2.43. The molecule has 0 heterocycles. The maximum Gasteiger partial charge on any atom is 0.407 e. The van der Waals surface area contributed by atoms with Gasteiger partial charge in [-0.05, 0) is 54.8 Å². The van der Waals surface area contributed by atoms with Crippen LogP contribution in [0.15, 0.2) is 30.3 Å². The van der Waals surface area contributed by atoms with Gasteiger partial charge in [0.05, 0.1) is 12.1 Å². The minimum atomic E-state index is -2.21. The number of carbonyl (C=O) groups is 2. The van der Waals surface area contributed by atoms with Gasteiger partial charge in [-0.3, -0.25) is 4.79 Å². The first-order valence-corrected chi connectivity index (χ1v) is 18.7. The molecule has 2 N–H and O–H groups in total. The predicted molar refractivity (Wildman–Crippen MR) is 168 cm³/mol. The number of benzene rings is 1. The summed E-state index contributed by atoms with van der Waals surface area (Å²) in [6.45, 7) is 18.5. The summed E-state index contributed by atoms with van der Waals surface area (Å²) in [7, 11) is -2.21. The molecule has 3 atom stereocenters. The summed E-state index contributed by atoms with van der Waals surface area (Å²) in [5.41, 5.74) is 0.958. The molecule has 1 fully saturated rings. The van der Waals surface area contributed by atoms with E-state index in [1.54, 1.807) is 0 Å². The van der Waals surface area contributed by atoms with Crippen LogP contribution in [-0.4, -0.2) is 39.0 Å². The Morgan fingerprint density at radius 1 is 1.05 bits per heavy atom. The SMILES string of the molecule is CCCCNC(=O)[C@@H](C[C@H](O[Si](C)(C)C(C)(C)C)[C@H](CC1CCCCC1)NC(=O)OCc1ccccc1)C(C)C. The highest BCUT2D eigenvalue weighted by molar-refractivity contribution is 6.74. The van der Waals surface area contributed by atoms with Crippen LogP contribution in [0.3, 0.4) is 0 Å². The van der Waals surface area contributed by atoms with Crippen LogP contribution in [0.1, 0.15) is 105 Å². The van der Waals surface area contributed by atoms with E-state index in [-0.39, 0.29) is 41.5 Å². The van der Waals surface area contributed by atoms with Crippen LogP contribution in [0.4, 0.5) is 4.79 Å². The highest BCUT2D eigenvalue weighted by Gasteiger charge is 2.43. The van der Waals surface area contributed by atoms with Crippen molar-refractivity contribution in [2.45, 2.75) is 136 Å². The third-order valence-corrected chi connectivity index (χ3v) is 13.5. The highest BCUT2D eigenvalue weighted by atomic mass is 28.4. The van der Waals surface area contributed by atoms with Crippen LogP contribution >= 0.6 is 0 Å². The Bertz CT molecular complexity index is 878. The fourth-order valence-corrected chi connectivity index (χ4v) is 6.67. The van der Waals surface area contributed by atoms with E-state index in [4.69, 9.17) is 9.16 Å². The van der Waals surface area contributed by atoms with Crippen molar-refractivity contribution in [3.05, 3.63) is 35.9 Å². The quantitative estimate of drug-likeness (QED) is 0.163. The standard InChI is InChI=1S/C33H58N2O4Si/c1-9-10-21-34-31(36)28(25(2)3)23-30(39-40(7,8)33(4,5)6)29(22-26-17-13-11-14-18-26)35-32(37)38-24-27-19-15-12-16-20-27/h12,15-16,19-20,25-26,28-30H,9-11,13-14,17-18,21-24H2,1-8H3,(H,34,36)(H,35,37)/t28-,29-,30-/m0/s1. The molecule has 228 valence electrons. The number of unbranched alkanes of at least 4 members (excludes halogenated alkanes) is 1. The summed E-state index contributed by atoms with van der Waals surface area (Å²) < 4.78 is 12.8. The summed E-state index contributed by atoms with van der Waals surface area (Å²) in [4.78, 5) is 26.6. The molecule has 2 rings (SSSR count). The molecule has 40 heavy (non-hydrogen) atoms. The van der Waals surface area contributed by atoms with E-state index < -0.39 is 14.4 Å². The van der Waals surface area contributed by atoms with Gasteiger partial charge in [0.15, 0.2) is 8.32 Å². The first kappa shape index (κ1) is 34.3. The maximum absolute atomic E-state index is 13.4. The summed E-state index contributed by atoms with van der Waals surface area (Å²) in [5, 5.41) is 6.42. The van der Waals surface area contributed by atoms with Gasteiger partial charge in [-0.15, -0.1) is 0 Å². The van der Waals surface area contributed by atoms with E-state index in [9.17, 15) is 9.59 Å². The van der Waals surface area contributed by atoms with E-state index in [1.165, 1.54) is 32.1 Å². The normalized spacial score (nSPS) is 17.2. The van der Waals surface area contributed by atoms with E-state index in [0.717, 1.165) is 24.8 Å². The molecular weight excluding hydrogens is 516 g/mol. The van der Waals surface area contributed by atoms with Crippen molar-refractivity contribution in [2.24, 2.45) is 17.8 Å². The van der Waals surface area contributed by atoms with E-state index in [1.807, 2.05) is 30.3 Å². The zero-order chi connectivity index (χ0) is 29.8. The Labute approximate surface area is 245 Å². The Hall–Kier alpha value is -1.86. The summed E-state index contributed by atoms with van der Waals surface area (Å²) in [6, 6.07) is 9.55. The van der Waals surface area contributed by atoms with Crippen LogP contribution in [0, 0.1) is 17.8 Å². The first-order valence-electron chi connectivity index (χ1n) is 15.8.